The van der Waals surface area contributed by atoms with Crippen LogP contribution in [0.4, 0.5) is 17.6 Å². The number of rotatable bonds is 3. The van der Waals surface area contributed by atoms with E-state index in [0.717, 1.165) is 12.1 Å². The fraction of sp³-hybridized carbons (Fsp3) is 0.286. The molecule has 1 fully saturated rings. The largest absolute Gasteiger partial charge is 0.417 e. The van der Waals surface area contributed by atoms with E-state index in [9.17, 15) is 22.4 Å². The van der Waals surface area contributed by atoms with Gasteiger partial charge in [-0.3, -0.25) is 4.79 Å². The average molecular weight is 454 g/mol. The maximum Gasteiger partial charge on any atom is 0.417 e. The first kappa shape index (κ1) is 21.3. The number of halogens is 5. The lowest BCUT2D eigenvalue weighted by Crippen LogP contribution is -2.38. The van der Waals surface area contributed by atoms with Crippen molar-refractivity contribution < 1.29 is 26.9 Å². The Morgan fingerprint density at radius 1 is 1.13 bits per heavy atom. The summed E-state index contributed by atoms with van der Waals surface area (Å²) in [5, 5.41) is 4.06. The molecule has 0 aliphatic carbocycles. The molecule has 2 aromatic carbocycles. The molecule has 5 nitrogen and oxygen atoms in total. The number of alkyl halides is 3. The van der Waals surface area contributed by atoms with Crippen molar-refractivity contribution in [2.45, 2.75) is 24.9 Å². The molecule has 1 aliphatic rings. The van der Waals surface area contributed by atoms with Gasteiger partial charge in [-0.25, -0.2) is 4.39 Å². The molecule has 1 saturated heterocycles. The molecule has 2 heterocycles. The number of likely N-dealkylation sites (tertiary alicyclic amines) is 1. The van der Waals surface area contributed by atoms with Gasteiger partial charge in [0.2, 0.25) is 11.7 Å². The lowest BCUT2D eigenvalue weighted by Gasteiger charge is -2.31. The molecule has 0 unspecified atom stereocenters. The summed E-state index contributed by atoms with van der Waals surface area (Å²) >= 11 is 5.75. The molecular formula is C21H16ClF4N3O2. The number of hydrogen-bond donors (Lipinski definition) is 0. The third-order valence-corrected chi connectivity index (χ3v) is 5.44. The Kier molecular flexibility index (Phi) is 5.70. The van der Waals surface area contributed by atoms with Crippen molar-refractivity contribution in [3.8, 4) is 11.4 Å². The first-order valence-electron chi connectivity index (χ1n) is 9.48. The maximum absolute atomic E-state index is 14.1. The molecule has 0 spiro atoms. The van der Waals surface area contributed by atoms with E-state index in [-0.39, 0.29) is 41.0 Å². The van der Waals surface area contributed by atoms with E-state index in [2.05, 4.69) is 10.1 Å². The van der Waals surface area contributed by atoms with E-state index in [4.69, 9.17) is 16.1 Å². The third-order valence-electron chi connectivity index (χ3n) is 5.21. The average Bonchev–Trinajstić information content (AvgIpc) is 3.22. The predicted molar refractivity (Wildman–Crippen MR) is 104 cm³/mol. The number of hydrogen-bond acceptors (Lipinski definition) is 4. The summed E-state index contributed by atoms with van der Waals surface area (Å²) in [5.74, 6) is -1.04. The van der Waals surface area contributed by atoms with Crippen LogP contribution >= 0.6 is 11.6 Å². The maximum atomic E-state index is 14.1. The molecule has 162 valence electrons. The van der Waals surface area contributed by atoms with Crippen LogP contribution in [0, 0.1) is 5.82 Å². The number of aromatic nitrogens is 2. The second-order valence-corrected chi connectivity index (χ2v) is 7.63. The van der Waals surface area contributed by atoms with Crippen LogP contribution in [0.15, 0.2) is 47.0 Å². The molecule has 0 N–H and O–H groups in total. The molecule has 0 radical (unpaired) electrons. The molecule has 3 aromatic rings. The van der Waals surface area contributed by atoms with Gasteiger partial charge in [0.15, 0.2) is 0 Å². The summed E-state index contributed by atoms with van der Waals surface area (Å²) in [6.45, 7) is 0.478. The van der Waals surface area contributed by atoms with Crippen molar-refractivity contribution >= 4 is 17.5 Å². The van der Waals surface area contributed by atoms with Gasteiger partial charge in [0.05, 0.1) is 16.7 Å². The molecule has 31 heavy (non-hydrogen) atoms. The van der Waals surface area contributed by atoms with Gasteiger partial charge in [0.1, 0.15) is 5.82 Å². The minimum Gasteiger partial charge on any atom is -0.339 e. The minimum absolute atomic E-state index is 0.0850. The summed E-state index contributed by atoms with van der Waals surface area (Å²) < 4.78 is 59.0. The van der Waals surface area contributed by atoms with Gasteiger partial charge < -0.3 is 9.42 Å². The van der Waals surface area contributed by atoms with E-state index in [0.29, 0.717) is 18.7 Å². The van der Waals surface area contributed by atoms with Crippen molar-refractivity contribution in [2.75, 3.05) is 13.1 Å². The lowest BCUT2D eigenvalue weighted by molar-refractivity contribution is -0.138. The zero-order valence-corrected chi connectivity index (χ0v) is 16.8. The molecule has 0 bridgehead atoms. The minimum atomic E-state index is -4.61. The van der Waals surface area contributed by atoms with E-state index in [1.165, 1.54) is 35.2 Å². The number of carbonyl (C=O) groups is 1. The second kappa shape index (κ2) is 8.30. The third kappa shape index (κ3) is 4.41. The summed E-state index contributed by atoms with van der Waals surface area (Å²) in [6, 6.07) is 8.85. The lowest BCUT2D eigenvalue weighted by atomic mass is 9.95. The Labute approximate surface area is 179 Å². The number of piperidine rings is 1. The molecule has 0 saturated carbocycles. The quantitative estimate of drug-likeness (QED) is 0.487. The van der Waals surface area contributed by atoms with Crippen LogP contribution in [0.5, 0.6) is 0 Å². The van der Waals surface area contributed by atoms with Crippen LogP contribution in [-0.2, 0) is 6.18 Å². The van der Waals surface area contributed by atoms with Gasteiger partial charge in [-0.15, -0.1) is 0 Å². The summed E-state index contributed by atoms with van der Waals surface area (Å²) in [5.41, 5.74) is -1.17. The van der Waals surface area contributed by atoms with Crippen molar-refractivity contribution in [3.05, 3.63) is 70.3 Å². The molecule has 4 rings (SSSR count). The van der Waals surface area contributed by atoms with Gasteiger partial charge >= 0.3 is 6.18 Å². The zero-order chi connectivity index (χ0) is 22.2. The highest BCUT2D eigenvalue weighted by Gasteiger charge is 2.37. The van der Waals surface area contributed by atoms with Gasteiger partial charge in [-0.2, -0.15) is 18.2 Å². The molecule has 10 heteroatoms. The Bertz CT molecular complexity index is 1110. The van der Waals surface area contributed by atoms with E-state index >= 15 is 0 Å². The van der Waals surface area contributed by atoms with Crippen LogP contribution in [0.25, 0.3) is 11.4 Å². The Balaban J connectivity index is 1.45. The molecule has 1 aliphatic heterocycles. The Morgan fingerprint density at radius 3 is 2.52 bits per heavy atom. The van der Waals surface area contributed by atoms with Gasteiger partial charge in [-0.05, 0) is 43.2 Å². The van der Waals surface area contributed by atoms with Crippen LogP contribution in [-0.4, -0.2) is 34.0 Å². The topological polar surface area (TPSA) is 59.2 Å². The van der Waals surface area contributed by atoms with Gasteiger partial charge in [0, 0.05) is 24.0 Å². The number of amides is 1. The fourth-order valence-electron chi connectivity index (χ4n) is 3.60. The second-order valence-electron chi connectivity index (χ2n) is 7.19. The summed E-state index contributed by atoms with van der Waals surface area (Å²) in [4.78, 5) is 18.3. The van der Waals surface area contributed by atoms with Crippen LogP contribution in [0.2, 0.25) is 5.02 Å². The van der Waals surface area contributed by atoms with Crippen molar-refractivity contribution in [3.63, 3.8) is 0 Å². The van der Waals surface area contributed by atoms with Crippen LogP contribution < -0.4 is 0 Å². The monoisotopic (exact) mass is 453 g/mol. The Hall–Kier alpha value is -2.94. The highest BCUT2D eigenvalue weighted by Crippen LogP contribution is 2.34. The highest BCUT2D eigenvalue weighted by molar-refractivity contribution is 6.30. The van der Waals surface area contributed by atoms with E-state index in [1.807, 2.05) is 0 Å². The standard InChI is InChI=1S/C21H16ClF4N3O2/c22-13-5-6-15(17(23)11-13)18-27-19(31-28-18)12-7-9-29(10-8-12)20(30)14-3-1-2-4-16(14)21(24,25)26/h1-6,11-12H,7-10H2. The number of nitrogens with zero attached hydrogens (tertiary/aromatic N) is 3. The van der Waals surface area contributed by atoms with Crippen molar-refractivity contribution in [1.82, 2.24) is 15.0 Å². The smallest absolute Gasteiger partial charge is 0.339 e. The van der Waals surface area contributed by atoms with Crippen molar-refractivity contribution in [2.24, 2.45) is 0 Å². The van der Waals surface area contributed by atoms with E-state index < -0.39 is 23.5 Å². The van der Waals surface area contributed by atoms with Crippen LogP contribution in [0.1, 0.15) is 40.6 Å². The first-order chi connectivity index (χ1) is 14.7. The van der Waals surface area contributed by atoms with Crippen molar-refractivity contribution in [1.29, 1.82) is 0 Å². The summed E-state index contributed by atoms with van der Waals surface area (Å²) in [6.07, 6.45) is -3.74. The SMILES string of the molecule is O=C(c1ccccc1C(F)(F)F)N1CCC(c2nc(-c3ccc(Cl)cc3F)no2)CC1. The van der Waals surface area contributed by atoms with Gasteiger partial charge in [-0.1, -0.05) is 28.9 Å². The Morgan fingerprint density at radius 2 is 1.84 bits per heavy atom. The molecule has 0 atom stereocenters. The normalized spacial score (nSPS) is 15.3. The van der Waals surface area contributed by atoms with Crippen LogP contribution in [0.3, 0.4) is 0 Å². The molecule has 1 aromatic heterocycles. The zero-order valence-electron chi connectivity index (χ0n) is 16.0. The predicted octanol–water partition coefficient (Wildman–Crippen LogP) is 5.57. The molecule has 1 amide bonds. The number of carbonyl (C=O) groups excluding carboxylic acids is 1. The van der Waals surface area contributed by atoms with Gasteiger partial charge in [0.25, 0.3) is 5.91 Å². The first-order valence-corrected chi connectivity index (χ1v) is 9.86. The summed E-state index contributed by atoms with van der Waals surface area (Å²) in [7, 11) is 0. The fourth-order valence-corrected chi connectivity index (χ4v) is 3.76. The molecular weight excluding hydrogens is 438 g/mol. The number of benzene rings is 2. The van der Waals surface area contributed by atoms with E-state index in [1.54, 1.807) is 0 Å². The highest BCUT2D eigenvalue weighted by atomic mass is 35.5.